The summed E-state index contributed by atoms with van der Waals surface area (Å²) in [5, 5.41) is 4.24. The summed E-state index contributed by atoms with van der Waals surface area (Å²) in [7, 11) is 1.80. The SMILES string of the molecule is CNc1nccc(-c2c(-c3ccc(F)cc3)nc3n2C(Cn2ccc4ccc(Br)cc42)CC3)n1. The van der Waals surface area contributed by atoms with Gasteiger partial charge in [-0.05, 0) is 60.3 Å². The van der Waals surface area contributed by atoms with Crippen LogP contribution in [0.15, 0.2) is 71.5 Å². The lowest BCUT2D eigenvalue weighted by molar-refractivity contribution is 0.459. The van der Waals surface area contributed by atoms with Crippen LogP contribution in [0.5, 0.6) is 0 Å². The average Bonchev–Trinajstić information content (AvgIpc) is 3.54. The van der Waals surface area contributed by atoms with Crippen LogP contribution in [0.2, 0.25) is 0 Å². The predicted molar refractivity (Wildman–Crippen MR) is 135 cm³/mol. The summed E-state index contributed by atoms with van der Waals surface area (Å²) >= 11 is 3.60. The maximum absolute atomic E-state index is 13.7. The minimum absolute atomic E-state index is 0.217. The van der Waals surface area contributed by atoms with Crippen molar-refractivity contribution in [2.45, 2.75) is 25.4 Å². The van der Waals surface area contributed by atoms with Gasteiger partial charge in [0.05, 0.1) is 23.1 Å². The topological polar surface area (TPSA) is 60.6 Å². The molecule has 0 aliphatic carbocycles. The largest absolute Gasteiger partial charge is 0.357 e. The standard InChI is InChI=1S/C26H22BrFN6/c1-29-26-30-12-10-21(31-26)25-24(17-3-6-19(28)7-4-17)32-23-9-8-20(34(23)25)15-33-13-11-16-2-5-18(27)14-22(16)33/h2-7,10-14,20H,8-9,15H2,1H3,(H,29,30,31). The van der Waals surface area contributed by atoms with E-state index in [1.54, 1.807) is 25.4 Å². The van der Waals surface area contributed by atoms with E-state index in [4.69, 9.17) is 9.97 Å². The molecule has 0 saturated carbocycles. The molecule has 1 N–H and O–H groups in total. The Hall–Kier alpha value is -3.52. The van der Waals surface area contributed by atoms with E-state index < -0.39 is 0 Å². The average molecular weight is 517 g/mol. The van der Waals surface area contributed by atoms with Crippen molar-refractivity contribution in [2.24, 2.45) is 0 Å². The summed E-state index contributed by atoms with van der Waals surface area (Å²) in [6.45, 7) is 0.823. The van der Waals surface area contributed by atoms with Crippen LogP contribution in [0.3, 0.4) is 0 Å². The molecule has 34 heavy (non-hydrogen) atoms. The summed E-state index contributed by atoms with van der Waals surface area (Å²) in [6, 6.07) is 17.2. The van der Waals surface area contributed by atoms with E-state index in [9.17, 15) is 4.39 Å². The van der Waals surface area contributed by atoms with E-state index in [0.29, 0.717) is 5.95 Å². The first-order valence-electron chi connectivity index (χ1n) is 11.2. The number of anilines is 1. The fourth-order valence-corrected chi connectivity index (χ4v) is 5.20. The summed E-state index contributed by atoms with van der Waals surface area (Å²) in [4.78, 5) is 14.0. The third-order valence-electron chi connectivity index (χ3n) is 6.43. The minimum atomic E-state index is -0.264. The molecule has 6 rings (SSSR count). The van der Waals surface area contributed by atoms with Crippen molar-refractivity contribution in [2.75, 3.05) is 12.4 Å². The molecule has 0 fully saturated rings. The molecule has 1 unspecified atom stereocenters. The van der Waals surface area contributed by atoms with Gasteiger partial charge >= 0.3 is 0 Å². The van der Waals surface area contributed by atoms with Crippen LogP contribution >= 0.6 is 15.9 Å². The molecule has 0 saturated heterocycles. The molecule has 1 atom stereocenters. The van der Waals surface area contributed by atoms with Gasteiger partial charge in [-0.2, -0.15) is 0 Å². The molecule has 1 aliphatic rings. The second-order valence-corrected chi connectivity index (χ2v) is 9.40. The summed E-state index contributed by atoms with van der Waals surface area (Å²) in [6.07, 6.45) is 5.78. The lowest BCUT2D eigenvalue weighted by Crippen LogP contribution is -2.13. The van der Waals surface area contributed by atoms with Crippen LogP contribution in [0, 0.1) is 5.82 Å². The monoisotopic (exact) mass is 516 g/mol. The Balaban J connectivity index is 1.49. The third-order valence-corrected chi connectivity index (χ3v) is 6.93. The van der Waals surface area contributed by atoms with E-state index in [0.717, 1.165) is 52.3 Å². The van der Waals surface area contributed by atoms with E-state index in [1.807, 2.05) is 6.07 Å². The molecule has 4 heterocycles. The Morgan fingerprint density at radius 1 is 1.09 bits per heavy atom. The molecule has 5 aromatic rings. The van der Waals surface area contributed by atoms with Crippen LogP contribution in [0.4, 0.5) is 10.3 Å². The van der Waals surface area contributed by atoms with E-state index in [2.05, 4.69) is 65.8 Å². The van der Waals surface area contributed by atoms with Gasteiger partial charge in [0.2, 0.25) is 5.95 Å². The molecule has 0 bridgehead atoms. The van der Waals surface area contributed by atoms with Crippen molar-refractivity contribution in [3.8, 4) is 22.6 Å². The highest BCUT2D eigenvalue weighted by atomic mass is 79.9. The summed E-state index contributed by atoms with van der Waals surface area (Å²) in [5.41, 5.74) is 4.63. The number of aromatic nitrogens is 5. The van der Waals surface area contributed by atoms with Crippen molar-refractivity contribution in [3.05, 3.63) is 83.1 Å². The number of aryl methyl sites for hydroxylation is 1. The second-order valence-electron chi connectivity index (χ2n) is 8.48. The molecular weight excluding hydrogens is 495 g/mol. The van der Waals surface area contributed by atoms with Gasteiger partial charge in [0.25, 0.3) is 0 Å². The van der Waals surface area contributed by atoms with Crippen LogP contribution < -0.4 is 5.32 Å². The van der Waals surface area contributed by atoms with Gasteiger partial charge in [-0.15, -0.1) is 0 Å². The molecule has 3 aromatic heterocycles. The van der Waals surface area contributed by atoms with Crippen molar-refractivity contribution in [1.29, 1.82) is 0 Å². The lowest BCUT2D eigenvalue weighted by Gasteiger charge is -2.19. The Kier molecular flexibility index (Phi) is 5.17. The first-order chi connectivity index (χ1) is 16.6. The van der Waals surface area contributed by atoms with Crippen LogP contribution in [0.25, 0.3) is 33.5 Å². The molecule has 6 nitrogen and oxygen atoms in total. The Morgan fingerprint density at radius 3 is 2.76 bits per heavy atom. The molecule has 2 aromatic carbocycles. The zero-order valence-electron chi connectivity index (χ0n) is 18.5. The molecule has 8 heteroatoms. The summed E-state index contributed by atoms with van der Waals surface area (Å²) < 4.78 is 19.3. The van der Waals surface area contributed by atoms with Gasteiger partial charge in [-0.1, -0.05) is 22.0 Å². The number of hydrogen-bond donors (Lipinski definition) is 1. The Morgan fingerprint density at radius 2 is 1.94 bits per heavy atom. The molecule has 170 valence electrons. The summed E-state index contributed by atoms with van der Waals surface area (Å²) in [5.74, 6) is 1.32. The van der Waals surface area contributed by atoms with Crippen molar-refractivity contribution >= 4 is 32.8 Å². The number of nitrogens with zero attached hydrogens (tertiary/aromatic N) is 5. The van der Waals surface area contributed by atoms with Crippen LogP contribution in [-0.4, -0.2) is 31.1 Å². The predicted octanol–water partition coefficient (Wildman–Crippen LogP) is 6.09. The third kappa shape index (κ3) is 3.58. The molecule has 1 aliphatic heterocycles. The zero-order valence-corrected chi connectivity index (χ0v) is 20.1. The van der Waals surface area contributed by atoms with Gasteiger partial charge in [0.15, 0.2) is 0 Å². The maximum Gasteiger partial charge on any atom is 0.222 e. The first kappa shape index (κ1) is 21.0. The van der Waals surface area contributed by atoms with Crippen LogP contribution in [0.1, 0.15) is 18.3 Å². The number of benzene rings is 2. The van der Waals surface area contributed by atoms with Gasteiger partial charge in [0.1, 0.15) is 11.6 Å². The van der Waals surface area contributed by atoms with E-state index in [1.165, 1.54) is 23.0 Å². The fraction of sp³-hybridized carbons (Fsp3) is 0.192. The Labute approximate surface area is 204 Å². The molecule has 0 radical (unpaired) electrons. The number of imidazole rings is 1. The number of halogens is 2. The smallest absolute Gasteiger partial charge is 0.222 e. The fourth-order valence-electron chi connectivity index (χ4n) is 4.85. The maximum atomic E-state index is 13.7. The highest BCUT2D eigenvalue weighted by molar-refractivity contribution is 9.10. The minimum Gasteiger partial charge on any atom is -0.357 e. The highest BCUT2D eigenvalue weighted by Gasteiger charge is 2.31. The van der Waals surface area contributed by atoms with E-state index >= 15 is 0 Å². The highest BCUT2D eigenvalue weighted by Crippen LogP contribution is 2.40. The molecular formula is C26H22BrFN6. The van der Waals surface area contributed by atoms with Gasteiger partial charge < -0.3 is 14.5 Å². The first-order valence-corrected chi connectivity index (χ1v) is 12.0. The van der Waals surface area contributed by atoms with Gasteiger partial charge in [-0.25, -0.2) is 19.3 Å². The van der Waals surface area contributed by atoms with Crippen molar-refractivity contribution < 1.29 is 4.39 Å². The lowest BCUT2D eigenvalue weighted by atomic mass is 10.1. The van der Waals surface area contributed by atoms with E-state index in [-0.39, 0.29) is 11.9 Å². The molecule has 0 spiro atoms. The van der Waals surface area contributed by atoms with Gasteiger partial charge in [-0.3, -0.25) is 0 Å². The number of fused-ring (bicyclic) bond motifs is 2. The Bertz CT molecular complexity index is 1500. The number of rotatable bonds is 5. The quantitative estimate of drug-likeness (QED) is 0.307. The van der Waals surface area contributed by atoms with Crippen LogP contribution in [-0.2, 0) is 13.0 Å². The second kappa shape index (κ2) is 8.36. The molecule has 0 amide bonds. The normalized spacial score (nSPS) is 15.1. The van der Waals surface area contributed by atoms with Crippen molar-refractivity contribution in [3.63, 3.8) is 0 Å². The number of hydrogen-bond acceptors (Lipinski definition) is 4. The van der Waals surface area contributed by atoms with Gasteiger partial charge in [0, 0.05) is 48.0 Å². The number of nitrogens with one attached hydrogen (secondary N) is 1. The zero-order chi connectivity index (χ0) is 23.2. The van der Waals surface area contributed by atoms with Crippen molar-refractivity contribution in [1.82, 2.24) is 24.1 Å².